The molecule has 0 aliphatic rings. The first-order valence-electron chi connectivity index (χ1n) is 11.6. The Hall–Kier alpha value is -2.71. The average molecular weight is 485 g/mol. The van der Waals surface area contributed by atoms with E-state index in [1.165, 1.54) is 17.8 Å². The maximum Gasteiger partial charge on any atom is 0.262 e. The second-order valence-corrected chi connectivity index (χ2v) is 9.89. The number of hydrogen-bond acceptors (Lipinski definition) is 5. The molecule has 3 aromatic rings. The zero-order chi connectivity index (χ0) is 24.8. The molecular formula is C26H33FN4O2S. The lowest BCUT2D eigenvalue weighted by Crippen LogP contribution is -2.40. The molecule has 0 saturated carbocycles. The number of para-hydroxylation sites is 1. The van der Waals surface area contributed by atoms with Gasteiger partial charge in [-0.1, -0.05) is 36.0 Å². The van der Waals surface area contributed by atoms with Gasteiger partial charge in [-0.25, -0.2) is 9.37 Å². The van der Waals surface area contributed by atoms with Crippen molar-refractivity contribution in [2.45, 2.75) is 64.9 Å². The highest BCUT2D eigenvalue weighted by Gasteiger charge is 2.17. The summed E-state index contributed by atoms with van der Waals surface area (Å²) in [5.41, 5.74) is 1.78. The first kappa shape index (κ1) is 25.9. The zero-order valence-electron chi connectivity index (χ0n) is 20.5. The van der Waals surface area contributed by atoms with Crippen LogP contribution in [0.15, 0.2) is 52.4 Å². The molecule has 1 amide bonds. The van der Waals surface area contributed by atoms with Crippen LogP contribution in [0.1, 0.15) is 38.8 Å². The van der Waals surface area contributed by atoms with E-state index in [2.05, 4.69) is 37.9 Å². The number of carbonyl (C=O) groups excluding carboxylic acids is 1. The van der Waals surface area contributed by atoms with Crippen LogP contribution in [0.25, 0.3) is 10.9 Å². The van der Waals surface area contributed by atoms with Crippen molar-refractivity contribution in [3.8, 4) is 0 Å². The van der Waals surface area contributed by atoms with Gasteiger partial charge in [-0.05, 0) is 63.9 Å². The molecule has 0 bridgehead atoms. The van der Waals surface area contributed by atoms with Crippen LogP contribution in [0.5, 0.6) is 0 Å². The van der Waals surface area contributed by atoms with E-state index < -0.39 is 0 Å². The van der Waals surface area contributed by atoms with Crippen LogP contribution in [0.4, 0.5) is 4.39 Å². The van der Waals surface area contributed by atoms with Crippen molar-refractivity contribution in [2.24, 2.45) is 0 Å². The molecule has 0 fully saturated rings. The van der Waals surface area contributed by atoms with Crippen molar-refractivity contribution in [1.29, 1.82) is 0 Å². The zero-order valence-corrected chi connectivity index (χ0v) is 21.3. The number of nitrogens with zero attached hydrogens (tertiary/aromatic N) is 3. The Morgan fingerprint density at radius 3 is 2.53 bits per heavy atom. The summed E-state index contributed by atoms with van der Waals surface area (Å²) in [6, 6.07) is 12.9. The van der Waals surface area contributed by atoms with Gasteiger partial charge in [0.2, 0.25) is 5.91 Å². The topological polar surface area (TPSA) is 67.2 Å². The smallest absolute Gasteiger partial charge is 0.262 e. The summed E-state index contributed by atoms with van der Waals surface area (Å²) in [6.07, 6.45) is 0. The van der Waals surface area contributed by atoms with Crippen LogP contribution in [0, 0.1) is 12.7 Å². The number of halogens is 1. The molecule has 6 nitrogen and oxygen atoms in total. The number of aryl methyl sites for hydroxylation is 1. The number of thioether (sulfide) groups is 1. The van der Waals surface area contributed by atoms with Crippen molar-refractivity contribution in [3.63, 3.8) is 0 Å². The van der Waals surface area contributed by atoms with Gasteiger partial charge in [0.1, 0.15) is 5.82 Å². The van der Waals surface area contributed by atoms with E-state index in [1.807, 2.05) is 18.2 Å². The van der Waals surface area contributed by atoms with E-state index in [4.69, 9.17) is 4.98 Å². The normalized spacial score (nSPS) is 11.7. The summed E-state index contributed by atoms with van der Waals surface area (Å²) in [6.45, 7) is 11.7. The molecule has 0 aliphatic carbocycles. The molecule has 0 aliphatic heterocycles. The molecular weight excluding hydrogens is 451 g/mol. The second kappa shape index (κ2) is 11.6. The summed E-state index contributed by atoms with van der Waals surface area (Å²) >= 11 is 1.24. The maximum absolute atomic E-state index is 13.8. The van der Waals surface area contributed by atoms with Gasteiger partial charge in [-0.15, -0.1) is 0 Å². The number of nitrogens with one attached hydrogen (secondary N) is 1. The fraction of sp³-hybridized carbons (Fsp3) is 0.423. The van der Waals surface area contributed by atoms with E-state index in [1.54, 1.807) is 29.7 Å². The van der Waals surface area contributed by atoms with Gasteiger partial charge in [-0.3, -0.25) is 19.1 Å². The van der Waals surface area contributed by atoms with Gasteiger partial charge < -0.3 is 5.32 Å². The Morgan fingerprint density at radius 1 is 1.15 bits per heavy atom. The van der Waals surface area contributed by atoms with E-state index in [0.717, 1.165) is 0 Å². The highest BCUT2D eigenvalue weighted by molar-refractivity contribution is 7.99. The molecule has 8 heteroatoms. The van der Waals surface area contributed by atoms with Crippen LogP contribution in [0.2, 0.25) is 0 Å². The standard InChI is InChI=1S/C26H33FN4O2S/c1-17(2)30(18(3)4)12-13-31-25(33)21-8-6-7-9-23(21)29-26(31)34-16-24(32)28-15-20-11-10-19(5)22(27)14-20/h6-11,14,17-18H,12-13,15-16H2,1-5H3,(H,28,32). The number of carbonyl (C=O) groups is 1. The summed E-state index contributed by atoms with van der Waals surface area (Å²) in [7, 11) is 0. The van der Waals surface area contributed by atoms with Crippen LogP contribution < -0.4 is 10.9 Å². The molecule has 34 heavy (non-hydrogen) atoms. The van der Waals surface area contributed by atoms with Gasteiger partial charge in [0, 0.05) is 31.7 Å². The third kappa shape index (κ3) is 6.45. The van der Waals surface area contributed by atoms with E-state index in [0.29, 0.717) is 52.4 Å². The molecule has 3 rings (SSSR count). The molecule has 2 aromatic carbocycles. The molecule has 1 aromatic heterocycles. The highest BCUT2D eigenvalue weighted by Crippen LogP contribution is 2.18. The number of fused-ring (bicyclic) bond motifs is 1. The Labute approximate surface area is 204 Å². The molecule has 0 radical (unpaired) electrons. The summed E-state index contributed by atoms with van der Waals surface area (Å²) < 4.78 is 15.4. The minimum Gasteiger partial charge on any atom is -0.351 e. The van der Waals surface area contributed by atoms with E-state index in [-0.39, 0.29) is 29.6 Å². The van der Waals surface area contributed by atoms with Gasteiger partial charge in [0.05, 0.1) is 16.7 Å². The Balaban J connectivity index is 1.75. The molecule has 1 heterocycles. The van der Waals surface area contributed by atoms with Crippen molar-refractivity contribution < 1.29 is 9.18 Å². The average Bonchev–Trinajstić information content (AvgIpc) is 2.79. The van der Waals surface area contributed by atoms with Gasteiger partial charge in [-0.2, -0.15) is 0 Å². The number of aromatic nitrogens is 2. The molecule has 182 valence electrons. The van der Waals surface area contributed by atoms with Crippen LogP contribution in [-0.2, 0) is 17.9 Å². The monoisotopic (exact) mass is 484 g/mol. The lowest BCUT2D eigenvalue weighted by Gasteiger charge is -2.30. The predicted molar refractivity (Wildman–Crippen MR) is 137 cm³/mol. The van der Waals surface area contributed by atoms with Crippen LogP contribution in [-0.4, -0.2) is 44.7 Å². The first-order chi connectivity index (χ1) is 16.2. The maximum atomic E-state index is 13.8. The second-order valence-electron chi connectivity index (χ2n) is 8.94. The molecule has 0 saturated heterocycles. The van der Waals surface area contributed by atoms with Gasteiger partial charge in [0.25, 0.3) is 5.56 Å². The fourth-order valence-corrected chi connectivity index (χ4v) is 4.77. The Kier molecular flexibility index (Phi) is 8.85. The molecule has 0 unspecified atom stereocenters. The van der Waals surface area contributed by atoms with Crippen LogP contribution >= 0.6 is 11.8 Å². The Bertz CT molecular complexity index is 1200. The lowest BCUT2D eigenvalue weighted by molar-refractivity contribution is -0.118. The SMILES string of the molecule is Cc1ccc(CNC(=O)CSc2nc3ccccc3c(=O)n2CCN(C(C)C)C(C)C)cc1F. The number of amides is 1. The van der Waals surface area contributed by atoms with Crippen LogP contribution in [0.3, 0.4) is 0 Å². The van der Waals surface area contributed by atoms with E-state index >= 15 is 0 Å². The highest BCUT2D eigenvalue weighted by atomic mass is 32.2. The first-order valence-corrected chi connectivity index (χ1v) is 12.6. The minimum absolute atomic E-state index is 0.101. The molecule has 0 atom stereocenters. The van der Waals surface area contributed by atoms with E-state index in [9.17, 15) is 14.0 Å². The minimum atomic E-state index is -0.289. The van der Waals surface area contributed by atoms with Crippen molar-refractivity contribution in [2.75, 3.05) is 12.3 Å². The van der Waals surface area contributed by atoms with Gasteiger partial charge >= 0.3 is 0 Å². The molecule has 1 N–H and O–H groups in total. The third-order valence-corrected chi connectivity index (χ3v) is 6.77. The largest absolute Gasteiger partial charge is 0.351 e. The van der Waals surface area contributed by atoms with Crippen molar-refractivity contribution >= 4 is 28.6 Å². The quantitative estimate of drug-likeness (QED) is 0.342. The third-order valence-electron chi connectivity index (χ3n) is 5.79. The van der Waals surface area contributed by atoms with Gasteiger partial charge in [0.15, 0.2) is 5.16 Å². The number of rotatable bonds is 10. The summed E-state index contributed by atoms with van der Waals surface area (Å²) in [4.78, 5) is 32.8. The number of benzene rings is 2. The predicted octanol–water partition coefficient (Wildman–Crippen LogP) is 4.37. The van der Waals surface area contributed by atoms with Crippen molar-refractivity contribution in [3.05, 3.63) is 69.8 Å². The molecule has 0 spiro atoms. The number of hydrogen-bond donors (Lipinski definition) is 1. The Morgan fingerprint density at radius 2 is 1.85 bits per heavy atom. The summed E-state index contributed by atoms with van der Waals surface area (Å²) in [5.74, 6) is -0.384. The lowest BCUT2D eigenvalue weighted by atomic mass is 10.1. The fourth-order valence-electron chi connectivity index (χ4n) is 3.91. The van der Waals surface area contributed by atoms with Crippen molar-refractivity contribution in [1.82, 2.24) is 19.8 Å². The summed E-state index contributed by atoms with van der Waals surface area (Å²) in [5, 5.41) is 3.91.